The van der Waals surface area contributed by atoms with Crippen LogP contribution in [0.1, 0.15) is 36.6 Å². The van der Waals surface area contributed by atoms with E-state index < -0.39 is 127 Å². The lowest BCUT2D eigenvalue weighted by atomic mass is 10.0. The predicted octanol–water partition coefficient (Wildman–Crippen LogP) is -4.60. The van der Waals surface area contributed by atoms with Crippen LogP contribution in [-0.4, -0.2) is 268 Å². The fourth-order valence-corrected chi connectivity index (χ4v) is 9.16. The number of amides is 5. The van der Waals surface area contributed by atoms with E-state index >= 15 is 0 Å². The van der Waals surface area contributed by atoms with Crippen LogP contribution in [-0.2, 0) is 72.0 Å². The van der Waals surface area contributed by atoms with Crippen LogP contribution in [0.2, 0.25) is 0 Å². The van der Waals surface area contributed by atoms with Crippen LogP contribution < -0.4 is 37.2 Å². The molecule has 4 rings (SSSR count). The Morgan fingerprint density at radius 2 is 1.01 bits per heavy atom. The molecule has 1 aliphatic rings. The van der Waals surface area contributed by atoms with Crippen LogP contribution in [0.3, 0.4) is 0 Å². The summed E-state index contributed by atoms with van der Waals surface area (Å²) in [6, 6.07) is 4.06. The Kier molecular flexibility index (Phi) is 28.8. The van der Waals surface area contributed by atoms with Crippen LogP contribution >= 0.6 is 12.2 Å². The zero-order chi connectivity index (χ0) is 63.5. The van der Waals surface area contributed by atoms with Gasteiger partial charge in [-0.1, -0.05) is 42.5 Å². The molecule has 0 bridgehead atoms. The highest BCUT2D eigenvalue weighted by Crippen LogP contribution is 2.16. The minimum Gasteiger partial charge on any atom is -0.481 e. The maximum atomic E-state index is 13.8. The molecule has 2 aromatic carbocycles. The number of aromatic amines is 1. The van der Waals surface area contributed by atoms with Crippen LogP contribution in [0.25, 0.3) is 0 Å². The number of aliphatic hydroxyl groups is 2. The van der Waals surface area contributed by atoms with Crippen molar-refractivity contribution < 1.29 is 93.6 Å². The summed E-state index contributed by atoms with van der Waals surface area (Å²) < 4.78 is 0. The molecule has 7 atom stereocenters. The normalized spacial score (nSPS) is 16.3. The molecule has 1 aliphatic heterocycles. The van der Waals surface area contributed by atoms with Gasteiger partial charge in [-0.2, -0.15) is 0 Å². The summed E-state index contributed by atoms with van der Waals surface area (Å²) in [5.74, 6) is -12.7. The van der Waals surface area contributed by atoms with Crippen molar-refractivity contribution in [2.75, 3.05) is 90.5 Å². The molecule has 1 aromatic heterocycles. The highest BCUT2D eigenvalue weighted by Gasteiger charge is 2.34. The quantitative estimate of drug-likeness (QED) is 0.0262. The number of carboxylic acids is 6. The van der Waals surface area contributed by atoms with E-state index in [0.29, 0.717) is 16.8 Å². The molecule has 0 saturated carbocycles. The third kappa shape index (κ3) is 24.8. The Morgan fingerprint density at radius 1 is 0.535 bits per heavy atom. The molecule has 86 heavy (non-hydrogen) atoms. The fraction of sp³-hybridized carbons (Fsp3) is 0.491. The number of carbonyl (C=O) groups excluding carboxylic acids is 5. The number of aliphatic carboxylic acids is 6. The summed E-state index contributed by atoms with van der Waals surface area (Å²) in [5.41, 5.74) is 1.80. The van der Waals surface area contributed by atoms with Crippen LogP contribution in [0.15, 0.2) is 67.1 Å². The fourth-order valence-electron chi connectivity index (χ4n) is 8.89. The number of carbonyl (C=O) groups is 11. The van der Waals surface area contributed by atoms with Crippen molar-refractivity contribution in [3.8, 4) is 0 Å². The third-order valence-corrected chi connectivity index (χ3v) is 13.7. The molecule has 33 heteroatoms. The van der Waals surface area contributed by atoms with Gasteiger partial charge in [-0.15, -0.1) is 0 Å². The topological polar surface area (TPSA) is 475 Å². The molecular weight excluding hydrogens is 1150 g/mol. The number of rotatable bonds is 32. The maximum Gasteiger partial charge on any atom is 0.328 e. The van der Waals surface area contributed by atoms with Crippen molar-refractivity contribution >= 4 is 88.4 Å². The summed E-state index contributed by atoms with van der Waals surface area (Å²) in [6.45, 7) is -0.880. The Balaban J connectivity index is 1.40. The van der Waals surface area contributed by atoms with E-state index in [1.54, 1.807) is 74.2 Å². The number of hydrogen-bond acceptors (Lipinski definition) is 19. The molecule has 1 saturated heterocycles. The van der Waals surface area contributed by atoms with Gasteiger partial charge in [-0.25, -0.2) is 9.78 Å². The minimum atomic E-state index is -1.76. The second-order valence-corrected chi connectivity index (χ2v) is 20.4. The number of thiocarbonyl (C=S) groups is 1. The Labute approximate surface area is 497 Å². The van der Waals surface area contributed by atoms with E-state index in [4.69, 9.17) is 12.2 Å². The van der Waals surface area contributed by atoms with Crippen LogP contribution in [0.5, 0.6) is 0 Å². The van der Waals surface area contributed by atoms with Crippen LogP contribution in [0.4, 0.5) is 5.69 Å². The maximum absolute atomic E-state index is 13.8. The summed E-state index contributed by atoms with van der Waals surface area (Å²) in [7, 11) is 0. The van der Waals surface area contributed by atoms with Gasteiger partial charge in [-0.3, -0.25) is 67.5 Å². The predicted molar refractivity (Wildman–Crippen MR) is 305 cm³/mol. The van der Waals surface area contributed by atoms with Crippen LogP contribution in [0, 0.1) is 0 Å². The van der Waals surface area contributed by atoms with E-state index in [1.165, 1.54) is 19.4 Å². The Morgan fingerprint density at radius 3 is 1.49 bits per heavy atom. The zero-order valence-electron chi connectivity index (χ0n) is 46.8. The van der Waals surface area contributed by atoms with Crippen molar-refractivity contribution in [1.29, 1.82) is 0 Å². The van der Waals surface area contributed by atoms with Crippen molar-refractivity contribution in [2.24, 2.45) is 0 Å². The molecule has 3 aromatic rings. The van der Waals surface area contributed by atoms with Gasteiger partial charge >= 0.3 is 35.8 Å². The average Bonchev–Trinajstić information content (AvgIpc) is 4.08. The first-order valence-electron chi connectivity index (χ1n) is 27.0. The summed E-state index contributed by atoms with van der Waals surface area (Å²) in [6.07, 6.45) is 1.65. The van der Waals surface area contributed by atoms with E-state index in [2.05, 4.69) is 47.2 Å². The molecule has 1 fully saturated rings. The first kappa shape index (κ1) is 69.8. The zero-order valence-corrected chi connectivity index (χ0v) is 47.6. The number of nitrogens with zero attached hydrogens (tertiary/aromatic N) is 5. The smallest absolute Gasteiger partial charge is 0.328 e. The molecule has 32 nitrogen and oxygen atoms in total. The van der Waals surface area contributed by atoms with Gasteiger partial charge in [0.05, 0.1) is 51.3 Å². The standard InChI is InChI=1S/C53H73N13O19S/c1-31(46(77)58-37(22-35-24-54-30-55-35)49(80)60-39(28-67)50(81)59-36(21-33-5-3-2-4-6-33)48(79)61-40(29-68)51(82)83)56-47(78)38(23-42(69)70)62-53(86)57-34-10-7-32(8-11-34)9-12-41(52(84)85)66-19-17-64(26-44(73)74)15-13-63(25-43(71)72)14-16-65(18-20-66)27-45(75)76/h2-8,10-11,24,30-31,36-41,67-68H,9,12-23,25-29H2,1H3,(H,54,55)(H,56,78)(H,58,77)(H,59,81)(H,60,80)(H,61,79)(H,69,70)(H,71,72)(H,73,74)(H,75,76)(H,82,83)(H,84,85)(H2,57,62,86)/t31-,36-,37-,38-,39-,40-,41?/m0/s1. The SMILES string of the molecule is C[C@H](NC(=O)[C@H](CC(=O)O)NC(=S)Nc1ccc(CCC(C(=O)O)N2CCN(CC(=O)O)CCN(CC(=O)O)CCN(CC(=O)O)CC2)cc1)C(=O)N[C@@H](Cc1c[nH]cn1)C(=O)N[C@@H](CO)C(=O)N[C@@H](Cc1ccccc1)C(=O)N[C@@H](CO)C(=O)O. The molecule has 470 valence electrons. The van der Waals surface area contributed by atoms with E-state index in [-0.39, 0.29) is 108 Å². The molecule has 0 radical (unpaired) electrons. The average molecular weight is 1230 g/mol. The number of carboxylic acid groups (broad SMARTS) is 6. The summed E-state index contributed by atoms with van der Waals surface area (Å²) in [5, 5.41) is 94.8. The number of anilines is 1. The Hall–Kier alpha value is -8.73. The number of aromatic nitrogens is 2. The molecule has 0 spiro atoms. The summed E-state index contributed by atoms with van der Waals surface area (Å²) in [4.78, 5) is 152. The second-order valence-electron chi connectivity index (χ2n) is 20.0. The Bertz CT molecular complexity index is 2770. The highest BCUT2D eigenvalue weighted by atomic mass is 32.1. The first-order chi connectivity index (χ1) is 40.8. The monoisotopic (exact) mass is 1230 g/mol. The summed E-state index contributed by atoms with van der Waals surface area (Å²) >= 11 is 5.41. The van der Waals surface area contributed by atoms with E-state index in [9.17, 15) is 93.6 Å². The highest BCUT2D eigenvalue weighted by molar-refractivity contribution is 7.80. The van der Waals surface area contributed by atoms with Gasteiger partial charge < -0.3 is 83.1 Å². The van der Waals surface area contributed by atoms with Crippen molar-refractivity contribution in [2.45, 2.75) is 81.3 Å². The van der Waals surface area contributed by atoms with Crippen molar-refractivity contribution in [3.05, 3.63) is 83.9 Å². The number of imidazole rings is 1. The van der Waals surface area contributed by atoms with Gasteiger partial charge in [0, 0.05) is 77.1 Å². The molecule has 16 N–H and O–H groups in total. The van der Waals surface area contributed by atoms with E-state index in [0.717, 1.165) is 0 Å². The van der Waals surface area contributed by atoms with Crippen molar-refractivity contribution in [1.82, 2.24) is 61.5 Å². The number of H-pyrrole nitrogens is 1. The van der Waals surface area contributed by atoms with Gasteiger partial charge in [0.15, 0.2) is 5.11 Å². The molecule has 2 heterocycles. The van der Waals surface area contributed by atoms with Gasteiger partial charge in [0.25, 0.3) is 0 Å². The number of nitrogens with one attached hydrogen (secondary N) is 8. The molecule has 1 unspecified atom stereocenters. The largest absolute Gasteiger partial charge is 0.481 e. The molecule has 5 amide bonds. The number of aryl methyl sites for hydroxylation is 1. The number of hydrogen-bond donors (Lipinski definition) is 16. The molecule has 0 aliphatic carbocycles. The van der Waals surface area contributed by atoms with Crippen molar-refractivity contribution in [3.63, 3.8) is 0 Å². The lowest BCUT2D eigenvalue weighted by Gasteiger charge is -2.35. The lowest BCUT2D eigenvalue weighted by Crippen LogP contribution is -2.60. The molecular formula is C53H73N13O19S. The second kappa shape index (κ2) is 35.5. The van der Waals surface area contributed by atoms with E-state index in [1.807, 2.05) is 0 Å². The number of benzene rings is 2. The van der Waals surface area contributed by atoms with Gasteiger partial charge in [0.1, 0.15) is 42.3 Å². The third-order valence-electron chi connectivity index (χ3n) is 13.5. The first-order valence-corrected chi connectivity index (χ1v) is 27.4. The number of aliphatic hydroxyl groups excluding tert-OH is 2. The lowest BCUT2D eigenvalue weighted by molar-refractivity contribution is -0.145. The van der Waals surface area contributed by atoms with Gasteiger partial charge in [0.2, 0.25) is 29.5 Å². The minimum absolute atomic E-state index is 0.0716. The van der Waals surface area contributed by atoms with Gasteiger partial charge in [-0.05, 0) is 55.2 Å².